The molecule has 0 aromatic heterocycles. The molecule has 1 saturated carbocycles. The molecule has 1 aromatic carbocycles. The molecule has 0 unspecified atom stereocenters. The lowest BCUT2D eigenvalue weighted by atomic mass is 9.87. The minimum Gasteiger partial charge on any atom is -0.454 e. The molecule has 1 aliphatic heterocycles. The van der Waals surface area contributed by atoms with Crippen LogP contribution in [0.4, 0.5) is 0 Å². The van der Waals surface area contributed by atoms with E-state index in [-0.39, 0.29) is 0 Å². The highest BCUT2D eigenvalue weighted by Gasteiger charge is 2.17. The van der Waals surface area contributed by atoms with E-state index < -0.39 is 0 Å². The number of rotatable bonds is 4. The van der Waals surface area contributed by atoms with Crippen molar-refractivity contribution in [3.05, 3.63) is 23.8 Å². The molecule has 1 aromatic rings. The largest absolute Gasteiger partial charge is 0.454 e. The van der Waals surface area contributed by atoms with E-state index in [2.05, 4.69) is 24.4 Å². The normalized spacial score (nSPS) is 25.5. The van der Waals surface area contributed by atoms with Crippen LogP contribution in [0.3, 0.4) is 0 Å². The highest BCUT2D eigenvalue weighted by molar-refractivity contribution is 5.44. The van der Waals surface area contributed by atoms with Crippen molar-refractivity contribution >= 4 is 0 Å². The molecule has 2 aliphatic rings. The first-order valence-corrected chi connectivity index (χ1v) is 7.43. The van der Waals surface area contributed by atoms with Gasteiger partial charge in [-0.2, -0.15) is 0 Å². The van der Waals surface area contributed by atoms with Gasteiger partial charge in [-0.3, -0.25) is 0 Å². The zero-order valence-electron chi connectivity index (χ0n) is 11.7. The second-order valence-corrected chi connectivity index (χ2v) is 5.85. The third-order valence-electron chi connectivity index (χ3n) is 4.30. The smallest absolute Gasteiger partial charge is 0.231 e. The molecule has 0 atom stereocenters. The summed E-state index contributed by atoms with van der Waals surface area (Å²) in [5.74, 6) is 2.69. The molecule has 1 heterocycles. The molecule has 19 heavy (non-hydrogen) atoms. The lowest BCUT2D eigenvalue weighted by molar-refractivity contribution is 0.174. The van der Waals surface area contributed by atoms with E-state index in [0.29, 0.717) is 6.79 Å². The van der Waals surface area contributed by atoms with Crippen molar-refractivity contribution in [2.45, 2.75) is 45.1 Å². The lowest BCUT2D eigenvalue weighted by Gasteiger charge is -2.27. The minimum absolute atomic E-state index is 0.358. The van der Waals surface area contributed by atoms with Gasteiger partial charge in [0.25, 0.3) is 0 Å². The monoisotopic (exact) mass is 261 g/mol. The van der Waals surface area contributed by atoms with Crippen molar-refractivity contribution in [2.75, 3.05) is 13.3 Å². The molecule has 0 spiro atoms. The van der Waals surface area contributed by atoms with Crippen molar-refractivity contribution in [1.29, 1.82) is 0 Å². The third-order valence-corrected chi connectivity index (χ3v) is 4.30. The topological polar surface area (TPSA) is 30.5 Å². The van der Waals surface area contributed by atoms with Gasteiger partial charge >= 0.3 is 0 Å². The summed E-state index contributed by atoms with van der Waals surface area (Å²) in [7, 11) is 0. The molecule has 1 fully saturated rings. The van der Waals surface area contributed by atoms with Gasteiger partial charge in [0.05, 0.1) is 0 Å². The van der Waals surface area contributed by atoms with E-state index in [1.165, 1.54) is 31.2 Å². The highest BCUT2D eigenvalue weighted by atomic mass is 16.7. The molecule has 1 N–H and O–H groups in total. The summed E-state index contributed by atoms with van der Waals surface area (Å²) < 4.78 is 10.7. The Bertz CT molecular complexity index is 425. The number of benzene rings is 1. The van der Waals surface area contributed by atoms with Crippen LogP contribution >= 0.6 is 0 Å². The van der Waals surface area contributed by atoms with Crippen molar-refractivity contribution in [2.24, 2.45) is 5.92 Å². The van der Waals surface area contributed by atoms with Crippen LogP contribution in [0.15, 0.2) is 18.2 Å². The van der Waals surface area contributed by atoms with Gasteiger partial charge in [0.1, 0.15) is 0 Å². The zero-order chi connectivity index (χ0) is 13.1. The molecule has 0 saturated heterocycles. The summed E-state index contributed by atoms with van der Waals surface area (Å²) in [6.07, 6.45) is 6.48. The maximum absolute atomic E-state index is 5.40. The summed E-state index contributed by atoms with van der Waals surface area (Å²) in [5, 5.41) is 3.69. The quantitative estimate of drug-likeness (QED) is 0.903. The van der Waals surface area contributed by atoms with Crippen LogP contribution in [0.5, 0.6) is 11.5 Å². The Labute approximate surface area is 115 Å². The Morgan fingerprint density at radius 3 is 2.74 bits per heavy atom. The Kier molecular flexibility index (Phi) is 3.92. The average Bonchev–Trinajstić information content (AvgIpc) is 2.88. The second-order valence-electron chi connectivity index (χ2n) is 5.85. The van der Waals surface area contributed by atoms with E-state index >= 15 is 0 Å². The van der Waals surface area contributed by atoms with Crippen LogP contribution in [-0.4, -0.2) is 19.4 Å². The number of fused-ring (bicyclic) bond motifs is 1. The van der Waals surface area contributed by atoms with E-state index in [0.717, 1.165) is 36.4 Å². The predicted octanol–water partition coefficient (Wildman–Crippen LogP) is 3.13. The SMILES string of the molecule is CC1CCC(NCCc2ccc3c(c2)OCO3)CC1. The summed E-state index contributed by atoms with van der Waals surface area (Å²) >= 11 is 0. The molecule has 1 aliphatic carbocycles. The summed E-state index contributed by atoms with van der Waals surface area (Å²) in [6.45, 7) is 3.78. The highest BCUT2D eigenvalue weighted by Crippen LogP contribution is 2.32. The maximum Gasteiger partial charge on any atom is 0.231 e. The Morgan fingerprint density at radius 1 is 1.11 bits per heavy atom. The number of hydrogen-bond acceptors (Lipinski definition) is 3. The fraction of sp³-hybridized carbons (Fsp3) is 0.625. The molecular formula is C16H23NO2. The van der Waals surface area contributed by atoms with Crippen LogP contribution in [0, 0.1) is 5.92 Å². The van der Waals surface area contributed by atoms with Crippen LogP contribution in [-0.2, 0) is 6.42 Å². The van der Waals surface area contributed by atoms with Crippen LogP contribution in [0.25, 0.3) is 0 Å². The van der Waals surface area contributed by atoms with Gasteiger partial charge in [-0.25, -0.2) is 0 Å². The summed E-state index contributed by atoms with van der Waals surface area (Å²) in [4.78, 5) is 0. The second kappa shape index (κ2) is 5.83. The first-order valence-electron chi connectivity index (χ1n) is 7.43. The molecular weight excluding hydrogens is 238 g/mol. The fourth-order valence-electron chi connectivity index (χ4n) is 2.98. The molecule has 3 rings (SSSR count). The fourth-order valence-corrected chi connectivity index (χ4v) is 2.98. The Morgan fingerprint density at radius 2 is 1.89 bits per heavy atom. The molecule has 3 heteroatoms. The van der Waals surface area contributed by atoms with Gasteiger partial charge in [0, 0.05) is 6.04 Å². The van der Waals surface area contributed by atoms with Crippen molar-refractivity contribution < 1.29 is 9.47 Å². The van der Waals surface area contributed by atoms with Gasteiger partial charge in [0.2, 0.25) is 6.79 Å². The van der Waals surface area contributed by atoms with Gasteiger partial charge < -0.3 is 14.8 Å². The van der Waals surface area contributed by atoms with Gasteiger partial charge in [-0.1, -0.05) is 13.0 Å². The Hall–Kier alpha value is -1.22. The minimum atomic E-state index is 0.358. The molecule has 0 radical (unpaired) electrons. The van der Waals surface area contributed by atoms with Crippen molar-refractivity contribution in [3.63, 3.8) is 0 Å². The van der Waals surface area contributed by atoms with Crippen molar-refractivity contribution in [3.8, 4) is 11.5 Å². The van der Waals surface area contributed by atoms with Crippen LogP contribution in [0.1, 0.15) is 38.2 Å². The number of ether oxygens (including phenoxy) is 2. The molecule has 0 bridgehead atoms. The van der Waals surface area contributed by atoms with E-state index in [4.69, 9.17) is 9.47 Å². The van der Waals surface area contributed by atoms with Crippen molar-refractivity contribution in [1.82, 2.24) is 5.32 Å². The average molecular weight is 261 g/mol. The molecule has 3 nitrogen and oxygen atoms in total. The summed E-state index contributed by atoms with van der Waals surface area (Å²) in [5.41, 5.74) is 1.32. The van der Waals surface area contributed by atoms with Gasteiger partial charge in [-0.05, 0) is 62.3 Å². The van der Waals surface area contributed by atoms with Gasteiger partial charge in [0.15, 0.2) is 11.5 Å². The summed E-state index contributed by atoms with van der Waals surface area (Å²) in [6, 6.07) is 6.98. The maximum atomic E-state index is 5.40. The Balaban J connectivity index is 1.45. The first kappa shape index (κ1) is 12.8. The lowest BCUT2D eigenvalue weighted by Crippen LogP contribution is -2.34. The number of nitrogens with one attached hydrogen (secondary N) is 1. The van der Waals surface area contributed by atoms with Gasteiger partial charge in [-0.15, -0.1) is 0 Å². The van der Waals surface area contributed by atoms with E-state index in [1.54, 1.807) is 0 Å². The zero-order valence-corrected chi connectivity index (χ0v) is 11.7. The first-order chi connectivity index (χ1) is 9.31. The third kappa shape index (κ3) is 3.21. The number of hydrogen-bond donors (Lipinski definition) is 1. The predicted molar refractivity (Wildman–Crippen MR) is 75.7 cm³/mol. The molecule has 104 valence electrons. The molecule has 0 amide bonds. The van der Waals surface area contributed by atoms with E-state index in [1.807, 2.05) is 6.07 Å². The van der Waals surface area contributed by atoms with Crippen LogP contribution < -0.4 is 14.8 Å². The standard InChI is InChI=1S/C16H23NO2/c1-12-2-5-14(6-3-12)17-9-8-13-4-7-15-16(10-13)19-11-18-15/h4,7,10,12,14,17H,2-3,5-6,8-9,11H2,1H3. The van der Waals surface area contributed by atoms with E-state index in [9.17, 15) is 0 Å². The van der Waals surface area contributed by atoms with Crippen LogP contribution in [0.2, 0.25) is 0 Å².